The lowest BCUT2D eigenvalue weighted by Crippen LogP contribution is -2.06. The maximum absolute atomic E-state index is 11.6. The van der Waals surface area contributed by atoms with Crippen molar-refractivity contribution in [3.8, 4) is 17.9 Å². The van der Waals surface area contributed by atoms with Crippen LogP contribution >= 0.6 is 0 Å². The van der Waals surface area contributed by atoms with Crippen molar-refractivity contribution in [1.82, 2.24) is 0 Å². The predicted molar refractivity (Wildman–Crippen MR) is 69.3 cm³/mol. The van der Waals surface area contributed by atoms with Gasteiger partial charge in [-0.05, 0) is 35.9 Å². The number of carbonyl (C=O) groups excluding carboxylic acids is 1. The molecule has 1 heterocycles. The molecule has 5 nitrogen and oxygen atoms in total. The third-order valence-corrected chi connectivity index (χ3v) is 2.36. The standard InChI is InChI=1S/C15H8N2O3/c16-9-12(10-17)8-11-3-5-13(6-4-11)20-15(18)14-2-1-7-19-14/h1-8H. The van der Waals surface area contributed by atoms with E-state index in [2.05, 4.69) is 0 Å². The summed E-state index contributed by atoms with van der Waals surface area (Å²) >= 11 is 0. The summed E-state index contributed by atoms with van der Waals surface area (Å²) in [6, 6.07) is 13.0. The molecular weight excluding hydrogens is 256 g/mol. The highest BCUT2D eigenvalue weighted by molar-refractivity contribution is 5.88. The van der Waals surface area contributed by atoms with E-state index in [0.29, 0.717) is 11.3 Å². The van der Waals surface area contributed by atoms with Crippen molar-refractivity contribution in [2.45, 2.75) is 0 Å². The summed E-state index contributed by atoms with van der Waals surface area (Å²) in [7, 11) is 0. The van der Waals surface area contributed by atoms with Crippen LogP contribution in [0.2, 0.25) is 0 Å². The molecule has 0 amide bonds. The molecule has 1 aromatic carbocycles. The van der Waals surface area contributed by atoms with Crippen LogP contribution in [0.1, 0.15) is 16.1 Å². The molecule has 0 aliphatic rings. The van der Waals surface area contributed by atoms with E-state index in [9.17, 15) is 4.79 Å². The second-order valence-corrected chi connectivity index (χ2v) is 3.72. The van der Waals surface area contributed by atoms with Gasteiger partial charge in [-0.2, -0.15) is 10.5 Å². The Hall–Kier alpha value is -3.31. The molecule has 0 bridgehead atoms. The summed E-state index contributed by atoms with van der Waals surface area (Å²) in [4.78, 5) is 11.6. The van der Waals surface area contributed by atoms with Crippen LogP contribution in [-0.4, -0.2) is 5.97 Å². The van der Waals surface area contributed by atoms with Gasteiger partial charge in [-0.3, -0.25) is 0 Å². The smallest absolute Gasteiger partial charge is 0.379 e. The topological polar surface area (TPSA) is 87.0 Å². The summed E-state index contributed by atoms with van der Waals surface area (Å²) in [5, 5.41) is 17.3. The van der Waals surface area contributed by atoms with Crippen LogP contribution in [0.25, 0.3) is 6.08 Å². The first-order chi connectivity index (χ1) is 9.72. The van der Waals surface area contributed by atoms with Gasteiger partial charge in [0, 0.05) is 0 Å². The van der Waals surface area contributed by atoms with Crippen LogP contribution in [0, 0.1) is 22.7 Å². The Balaban J connectivity index is 2.10. The zero-order valence-corrected chi connectivity index (χ0v) is 10.2. The number of furan rings is 1. The molecule has 0 aliphatic carbocycles. The Labute approximate surface area is 114 Å². The molecule has 0 spiro atoms. The Morgan fingerprint density at radius 3 is 2.40 bits per heavy atom. The van der Waals surface area contributed by atoms with Crippen molar-refractivity contribution < 1.29 is 13.9 Å². The highest BCUT2D eigenvalue weighted by Crippen LogP contribution is 2.16. The van der Waals surface area contributed by atoms with Gasteiger partial charge >= 0.3 is 5.97 Å². The Morgan fingerprint density at radius 2 is 1.85 bits per heavy atom. The van der Waals surface area contributed by atoms with Gasteiger partial charge in [-0.1, -0.05) is 12.1 Å². The van der Waals surface area contributed by atoms with E-state index >= 15 is 0 Å². The number of benzene rings is 1. The van der Waals surface area contributed by atoms with E-state index in [1.165, 1.54) is 18.4 Å². The molecule has 2 aromatic rings. The lowest BCUT2D eigenvalue weighted by molar-refractivity contribution is 0.0701. The van der Waals surface area contributed by atoms with Crippen molar-refractivity contribution in [3.05, 3.63) is 59.6 Å². The number of hydrogen-bond acceptors (Lipinski definition) is 5. The number of esters is 1. The van der Waals surface area contributed by atoms with E-state index in [1.54, 1.807) is 42.5 Å². The van der Waals surface area contributed by atoms with Crippen LogP contribution in [-0.2, 0) is 0 Å². The molecule has 0 unspecified atom stereocenters. The van der Waals surface area contributed by atoms with Crippen molar-refractivity contribution in [2.24, 2.45) is 0 Å². The Kier molecular flexibility index (Phi) is 3.96. The zero-order valence-electron chi connectivity index (χ0n) is 10.2. The van der Waals surface area contributed by atoms with Gasteiger partial charge in [-0.15, -0.1) is 0 Å². The fraction of sp³-hybridized carbons (Fsp3) is 0. The van der Waals surface area contributed by atoms with Crippen molar-refractivity contribution >= 4 is 12.0 Å². The highest BCUT2D eigenvalue weighted by atomic mass is 16.5. The van der Waals surface area contributed by atoms with Crippen molar-refractivity contribution in [1.29, 1.82) is 10.5 Å². The quantitative estimate of drug-likeness (QED) is 0.483. The first-order valence-corrected chi connectivity index (χ1v) is 5.60. The van der Waals surface area contributed by atoms with Gasteiger partial charge in [0.05, 0.1) is 6.26 Å². The van der Waals surface area contributed by atoms with E-state index in [1.807, 2.05) is 0 Å². The third kappa shape index (κ3) is 3.12. The van der Waals surface area contributed by atoms with Crippen molar-refractivity contribution in [2.75, 3.05) is 0 Å². The maximum atomic E-state index is 11.6. The minimum Gasteiger partial charge on any atom is -0.457 e. The van der Waals surface area contributed by atoms with Crippen LogP contribution in [0.4, 0.5) is 0 Å². The van der Waals surface area contributed by atoms with Crippen molar-refractivity contribution in [3.63, 3.8) is 0 Å². The molecule has 2 rings (SSSR count). The third-order valence-electron chi connectivity index (χ3n) is 2.36. The van der Waals surface area contributed by atoms with Gasteiger partial charge in [0.15, 0.2) is 0 Å². The molecule has 0 aliphatic heterocycles. The molecule has 0 saturated heterocycles. The number of carbonyl (C=O) groups is 1. The minimum atomic E-state index is -0.590. The number of rotatable bonds is 3. The second kappa shape index (κ2) is 6.03. The summed E-state index contributed by atoms with van der Waals surface area (Å²) in [6.45, 7) is 0. The maximum Gasteiger partial charge on any atom is 0.379 e. The first-order valence-electron chi connectivity index (χ1n) is 5.60. The van der Waals surface area contributed by atoms with Crippen LogP contribution in [0.15, 0.2) is 52.7 Å². The molecule has 0 saturated carbocycles. The fourth-order valence-corrected chi connectivity index (χ4v) is 1.44. The van der Waals surface area contributed by atoms with Crippen LogP contribution < -0.4 is 4.74 Å². The highest BCUT2D eigenvalue weighted by Gasteiger charge is 2.10. The monoisotopic (exact) mass is 264 g/mol. The largest absolute Gasteiger partial charge is 0.457 e. The Bertz CT molecular complexity index is 698. The van der Waals surface area contributed by atoms with Gasteiger partial charge in [-0.25, -0.2) is 4.79 Å². The van der Waals surface area contributed by atoms with Gasteiger partial charge in [0.25, 0.3) is 0 Å². The van der Waals surface area contributed by atoms with E-state index in [0.717, 1.165) is 0 Å². The van der Waals surface area contributed by atoms with E-state index in [4.69, 9.17) is 19.7 Å². The molecule has 1 aromatic heterocycles. The summed E-state index contributed by atoms with van der Waals surface area (Å²) in [5.41, 5.74) is 0.672. The Morgan fingerprint density at radius 1 is 1.15 bits per heavy atom. The van der Waals surface area contributed by atoms with Gasteiger partial charge in [0.1, 0.15) is 23.5 Å². The van der Waals surface area contributed by atoms with Crippen LogP contribution in [0.3, 0.4) is 0 Å². The summed E-state index contributed by atoms with van der Waals surface area (Å²) in [5.74, 6) is -0.128. The summed E-state index contributed by atoms with van der Waals surface area (Å²) < 4.78 is 10.0. The van der Waals surface area contributed by atoms with Gasteiger partial charge < -0.3 is 9.15 Å². The van der Waals surface area contributed by atoms with E-state index < -0.39 is 5.97 Å². The average Bonchev–Trinajstić information content (AvgIpc) is 3.01. The van der Waals surface area contributed by atoms with Gasteiger partial charge in [0.2, 0.25) is 5.76 Å². The molecule has 20 heavy (non-hydrogen) atoms. The molecule has 0 atom stereocenters. The zero-order chi connectivity index (χ0) is 14.4. The van der Waals surface area contributed by atoms with E-state index in [-0.39, 0.29) is 11.3 Å². The summed E-state index contributed by atoms with van der Waals surface area (Å²) in [6.07, 6.45) is 2.83. The lowest BCUT2D eigenvalue weighted by Gasteiger charge is -2.02. The lowest BCUT2D eigenvalue weighted by atomic mass is 10.1. The molecule has 0 fully saturated rings. The number of nitriles is 2. The molecule has 0 radical (unpaired) electrons. The normalized spacial score (nSPS) is 9.10. The number of hydrogen-bond donors (Lipinski definition) is 0. The SMILES string of the molecule is N#CC(C#N)=Cc1ccc(OC(=O)c2ccco2)cc1. The number of allylic oxidation sites excluding steroid dienone is 1. The number of ether oxygens (including phenoxy) is 1. The minimum absolute atomic E-state index is 0.00494. The first kappa shape index (κ1) is 13.1. The molecule has 0 N–H and O–H groups in total. The van der Waals surface area contributed by atoms with Crippen LogP contribution in [0.5, 0.6) is 5.75 Å². The predicted octanol–water partition coefficient (Wildman–Crippen LogP) is 2.93. The molecular formula is C15H8N2O3. The molecule has 5 heteroatoms. The molecule has 96 valence electrons. The second-order valence-electron chi connectivity index (χ2n) is 3.72. The average molecular weight is 264 g/mol. The number of nitrogens with zero attached hydrogens (tertiary/aromatic N) is 2. The fourth-order valence-electron chi connectivity index (χ4n) is 1.44.